The van der Waals surface area contributed by atoms with Gasteiger partial charge in [0.05, 0.1) is 12.9 Å². The number of nitrogens with zero attached hydrogens (tertiary/aromatic N) is 1. The van der Waals surface area contributed by atoms with Crippen molar-refractivity contribution in [3.8, 4) is 5.75 Å². The SMILES string of the molecule is CC[C@@H](C(=O)NC1CCCCC1)N(Cc1ccc(OC)cc1)C(=O)CSCc1cc(C)cc(C)c1. The van der Waals surface area contributed by atoms with Gasteiger partial charge in [-0.1, -0.05) is 67.6 Å². The van der Waals surface area contributed by atoms with Crippen LogP contribution in [0.25, 0.3) is 0 Å². The summed E-state index contributed by atoms with van der Waals surface area (Å²) in [6, 6.07) is 14.0. The van der Waals surface area contributed by atoms with Crippen molar-refractivity contribution >= 4 is 23.6 Å². The van der Waals surface area contributed by atoms with E-state index in [1.807, 2.05) is 31.2 Å². The van der Waals surface area contributed by atoms with Gasteiger partial charge in [-0.3, -0.25) is 9.59 Å². The maximum absolute atomic E-state index is 13.5. The summed E-state index contributed by atoms with van der Waals surface area (Å²) in [5.41, 5.74) is 4.68. The standard InChI is InChI=1S/C29H40N2O3S/c1-5-27(29(33)30-25-9-7-6-8-10-25)31(18-23-11-13-26(34-4)14-12-23)28(32)20-35-19-24-16-21(2)15-22(3)17-24/h11-17,25,27H,5-10,18-20H2,1-4H3,(H,30,33)/t27-/m0/s1. The number of hydrogen-bond acceptors (Lipinski definition) is 4. The van der Waals surface area contributed by atoms with E-state index in [1.54, 1.807) is 23.8 Å². The summed E-state index contributed by atoms with van der Waals surface area (Å²) >= 11 is 1.61. The number of nitrogens with one attached hydrogen (secondary N) is 1. The lowest BCUT2D eigenvalue weighted by Crippen LogP contribution is -2.52. The molecule has 1 fully saturated rings. The number of amides is 2. The second-order valence-electron chi connectivity index (χ2n) is 9.63. The number of rotatable bonds is 11. The van der Waals surface area contributed by atoms with Crippen molar-refractivity contribution in [2.24, 2.45) is 0 Å². The van der Waals surface area contributed by atoms with Crippen molar-refractivity contribution in [3.63, 3.8) is 0 Å². The van der Waals surface area contributed by atoms with Crippen molar-refractivity contribution < 1.29 is 14.3 Å². The van der Waals surface area contributed by atoms with Gasteiger partial charge >= 0.3 is 0 Å². The predicted octanol–water partition coefficient (Wildman–Crippen LogP) is 5.80. The Labute approximate surface area is 215 Å². The van der Waals surface area contributed by atoms with Crippen LogP contribution in [-0.2, 0) is 21.9 Å². The Morgan fingerprint density at radius 3 is 2.29 bits per heavy atom. The molecule has 35 heavy (non-hydrogen) atoms. The third-order valence-electron chi connectivity index (χ3n) is 6.63. The van der Waals surface area contributed by atoms with E-state index in [-0.39, 0.29) is 17.9 Å². The molecule has 1 saturated carbocycles. The van der Waals surface area contributed by atoms with Gasteiger partial charge in [0.1, 0.15) is 11.8 Å². The molecule has 0 radical (unpaired) electrons. The number of thioether (sulfide) groups is 1. The van der Waals surface area contributed by atoms with Crippen molar-refractivity contribution in [2.45, 2.75) is 83.7 Å². The van der Waals surface area contributed by atoms with Crippen LogP contribution in [0.5, 0.6) is 5.75 Å². The first-order valence-corrected chi connectivity index (χ1v) is 13.9. The van der Waals surface area contributed by atoms with Gasteiger partial charge in [-0.05, 0) is 56.4 Å². The van der Waals surface area contributed by atoms with Gasteiger partial charge < -0.3 is 15.0 Å². The molecule has 0 aromatic heterocycles. The lowest BCUT2D eigenvalue weighted by atomic mass is 9.95. The minimum absolute atomic E-state index is 0.000775. The zero-order valence-corrected chi connectivity index (χ0v) is 22.5. The van der Waals surface area contributed by atoms with E-state index in [1.165, 1.54) is 23.1 Å². The molecule has 0 spiro atoms. The molecule has 6 heteroatoms. The van der Waals surface area contributed by atoms with Crippen LogP contribution in [0.15, 0.2) is 42.5 Å². The fourth-order valence-electron chi connectivity index (χ4n) is 4.88. The number of aryl methyl sites for hydroxylation is 2. The third kappa shape index (κ3) is 8.31. The summed E-state index contributed by atoms with van der Waals surface area (Å²) in [7, 11) is 1.64. The molecule has 0 saturated heterocycles. The highest BCUT2D eigenvalue weighted by atomic mass is 32.2. The largest absolute Gasteiger partial charge is 0.497 e. The number of carbonyl (C=O) groups is 2. The highest BCUT2D eigenvalue weighted by Gasteiger charge is 2.30. The minimum atomic E-state index is -0.478. The highest BCUT2D eigenvalue weighted by Crippen LogP contribution is 2.22. The van der Waals surface area contributed by atoms with Crippen LogP contribution in [0, 0.1) is 13.8 Å². The molecule has 0 bridgehead atoms. The van der Waals surface area contributed by atoms with Crippen LogP contribution >= 0.6 is 11.8 Å². The van der Waals surface area contributed by atoms with Gasteiger partial charge in [0.25, 0.3) is 0 Å². The highest BCUT2D eigenvalue weighted by molar-refractivity contribution is 7.99. The third-order valence-corrected chi connectivity index (χ3v) is 7.61. The number of carbonyl (C=O) groups excluding carboxylic acids is 2. The molecule has 1 aliphatic carbocycles. The van der Waals surface area contributed by atoms with Crippen LogP contribution in [0.3, 0.4) is 0 Å². The Kier molecular flexibility index (Phi) is 10.5. The first kappa shape index (κ1) is 27.1. The van der Waals surface area contributed by atoms with Gasteiger partial charge in [-0.15, -0.1) is 11.8 Å². The fraction of sp³-hybridized carbons (Fsp3) is 0.517. The summed E-state index contributed by atoms with van der Waals surface area (Å²) in [4.78, 5) is 28.6. The molecular formula is C29H40N2O3S. The number of benzene rings is 2. The number of ether oxygens (including phenoxy) is 1. The van der Waals surface area contributed by atoms with Crippen molar-refractivity contribution in [1.29, 1.82) is 0 Å². The first-order chi connectivity index (χ1) is 16.9. The molecule has 0 aliphatic heterocycles. The van der Waals surface area contributed by atoms with E-state index < -0.39 is 6.04 Å². The maximum Gasteiger partial charge on any atom is 0.243 e. The van der Waals surface area contributed by atoms with Gasteiger partial charge in [-0.2, -0.15) is 0 Å². The lowest BCUT2D eigenvalue weighted by molar-refractivity contribution is -0.139. The van der Waals surface area contributed by atoms with Crippen LogP contribution < -0.4 is 10.1 Å². The van der Waals surface area contributed by atoms with Gasteiger partial charge in [0.15, 0.2) is 0 Å². The molecule has 1 aliphatic rings. The average Bonchev–Trinajstić information content (AvgIpc) is 2.84. The fourth-order valence-corrected chi connectivity index (χ4v) is 5.73. The molecule has 0 unspecified atom stereocenters. The topological polar surface area (TPSA) is 58.6 Å². The van der Waals surface area contributed by atoms with Crippen LogP contribution in [-0.4, -0.2) is 41.7 Å². The molecule has 3 rings (SSSR count). The second kappa shape index (κ2) is 13.6. The van der Waals surface area contributed by atoms with E-state index in [2.05, 4.69) is 37.4 Å². The Morgan fingerprint density at radius 2 is 1.69 bits per heavy atom. The Balaban J connectivity index is 1.71. The predicted molar refractivity (Wildman–Crippen MR) is 145 cm³/mol. The van der Waals surface area contributed by atoms with Gasteiger partial charge in [0, 0.05) is 18.3 Å². The molecule has 2 amide bonds. The zero-order chi connectivity index (χ0) is 25.2. The number of methoxy groups -OCH3 is 1. The van der Waals surface area contributed by atoms with E-state index in [4.69, 9.17) is 4.74 Å². The van der Waals surface area contributed by atoms with Crippen LogP contribution in [0.4, 0.5) is 0 Å². The number of hydrogen-bond donors (Lipinski definition) is 1. The Morgan fingerprint density at radius 1 is 1.03 bits per heavy atom. The van der Waals surface area contributed by atoms with Crippen molar-refractivity contribution in [1.82, 2.24) is 10.2 Å². The van der Waals surface area contributed by atoms with E-state index >= 15 is 0 Å². The maximum atomic E-state index is 13.5. The smallest absolute Gasteiger partial charge is 0.243 e. The summed E-state index contributed by atoms with van der Waals surface area (Å²) in [6.45, 7) is 6.59. The Hall–Kier alpha value is -2.47. The molecule has 2 aromatic carbocycles. The van der Waals surface area contributed by atoms with E-state index in [0.29, 0.717) is 18.7 Å². The lowest BCUT2D eigenvalue weighted by Gasteiger charge is -2.32. The van der Waals surface area contributed by atoms with E-state index in [0.717, 1.165) is 42.7 Å². The Bertz CT molecular complexity index is 950. The molecule has 190 valence electrons. The van der Waals surface area contributed by atoms with Crippen LogP contribution in [0.1, 0.15) is 67.7 Å². The first-order valence-electron chi connectivity index (χ1n) is 12.8. The molecule has 1 N–H and O–H groups in total. The monoisotopic (exact) mass is 496 g/mol. The molecule has 0 heterocycles. The molecule has 1 atom stereocenters. The van der Waals surface area contributed by atoms with Gasteiger partial charge in [-0.25, -0.2) is 0 Å². The summed E-state index contributed by atoms with van der Waals surface area (Å²) in [5, 5.41) is 3.24. The van der Waals surface area contributed by atoms with Crippen LogP contribution in [0.2, 0.25) is 0 Å². The van der Waals surface area contributed by atoms with Crippen molar-refractivity contribution in [3.05, 3.63) is 64.7 Å². The van der Waals surface area contributed by atoms with Crippen molar-refractivity contribution in [2.75, 3.05) is 12.9 Å². The molecule has 5 nitrogen and oxygen atoms in total. The summed E-state index contributed by atoms with van der Waals surface area (Å²) in [6.07, 6.45) is 6.20. The zero-order valence-electron chi connectivity index (χ0n) is 21.6. The molecule has 2 aromatic rings. The second-order valence-corrected chi connectivity index (χ2v) is 10.6. The average molecular weight is 497 g/mol. The normalized spacial score (nSPS) is 14.9. The quantitative estimate of drug-likeness (QED) is 0.427. The van der Waals surface area contributed by atoms with E-state index in [9.17, 15) is 9.59 Å². The summed E-state index contributed by atoms with van der Waals surface area (Å²) < 4.78 is 5.28. The van der Waals surface area contributed by atoms with Gasteiger partial charge in [0.2, 0.25) is 11.8 Å². The molecular weight excluding hydrogens is 456 g/mol. The summed E-state index contributed by atoms with van der Waals surface area (Å²) in [5.74, 6) is 1.87. The minimum Gasteiger partial charge on any atom is -0.497 e.